The van der Waals surface area contributed by atoms with Gasteiger partial charge in [-0.25, -0.2) is 13.6 Å². The predicted octanol–water partition coefficient (Wildman–Crippen LogP) is 0.467. The molecular formula is C11H13N5O2S2. The molecule has 0 radical (unpaired) electrons. The summed E-state index contributed by atoms with van der Waals surface area (Å²) in [7, 11) is -3.49. The lowest BCUT2D eigenvalue weighted by molar-refractivity contribution is 0.585. The molecule has 0 aliphatic carbocycles. The van der Waals surface area contributed by atoms with Crippen molar-refractivity contribution >= 4 is 26.5 Å². The maximum atomic E-state index is 11.3. The van der Waals surface area contributed by atoms with Gasteiger partial charge in [0, 0.05) is 19.3 Å². The van der Waals surface area contributed by atoms with Crippen molar-refractivity contribution < 1.29 is 8.42 Å². The number of pyridine rings is 1. The van der Waals surface area contributed by atoms with Crippen molar-refractivity contribution in [3.05, 3.63) is 24.4 Å². The Balaban J connectivity index is 1.79. The molecule has 3 heterocycles. The molecule has 1 atom stereocenters. The molecular weight excluding hydrogens is 298 g/mol. The number of hydrogen-bond donors (Lipinski definition) is 1. The molecule has 1 unspecified atom stereocenters. The summed E-state index contributed by atoms with van der Waals surface area (Å²) in [5.41, 5.74) is 0.762. The van der Waals surface area contributed by atoms with E-state index < -0.39 is 15.3 Å². The summed E-state index contributed by atoms with van der Waals surface area (Å²) in [6.45, 7) is 0.994. The van der Waals surface area contributed by atoms with Gasteiger partial charge in [-0.15, -0.1) is 10.2 Å². The minimum absolute atomic E-state index is 0.371. The first-order valence-corrected chi connectivity index (χ1v) is 8.48. The summed E-state index contributed by atoms with van der Waals surface area (Å²) < 4.78 is 22.7. The number of nitrogens with zero attached hydrogens (tertiary/aromatic N) is 4. The average Bonchev–Trinajstić information content (AvgIpc) is 3.08. The highest BCUT2D eigenvalue weighted by atomic mass is 32.2. The van der Waals surface area contributed by atoms with Gasteiger partial charge < -0.3 is 4.90 Å². The van der Waals surface area contributed by atoms with Gasteiger partial charge in [0.15, 0.2) is 5.01 Å². The summed E-state index contributed by atoms with van der Waals surface area (Å²) in [6.07, 6.45) is 2.22. The lowest BCUT2D eigenvalue weighted by Crippen LogP contribution is -2.31. The largest absolute Gasteiger partial charge is 0.345 e. The van der Waals surface area contributed by atoms with Crippen LogP contribution in [0.4, 0.5) is 5.13 Å². The molecule has 20 heavy (non-hydrogen) atoms. The predicted molar refractivity (Wildman–Crippen MR) is 76.9 cm³/mol. The molecule has 9 heteroatoms. The van der Waals surface area contributed by atoms with Crippen LogP contribution in [-0.2, 0) is 10.0 Å². The smallest absolute Gasteiger partial charge is 0.213 e. The highest BCUT2D eigenvalue weighted by Crippen LogP contribution is 2.30. The molecule has 1 fully saturated rings. The van der Waals surface area contributed by atoms with Gasteiger partial charge in [0.1, 0.15) is 5.69 Å². The normalized spacial score (nSPS) is 19.4. The third-order valence-electron chi connectivity index (χ3n) is 3.18. The number of anilines is 1. The Morgan fingerprint density at radius 1 is 1.35 bits per heavy atom. The van der Waals surface area contributed by atoms with Gasteiger partial charge in [-0.05, 0) is 18.6 Å². The Hall–Kier alpha value is -1.58. The second-order valence-corrected chi connectivity index (χ2v) is 7.35. The number of rotatable bonds is 3. The van der Waals surface area contributed by atoms with Gasteiger partial charge in [-0.2, -0.15) is 0 Å². The van der Waals surface area contributed by atoms with E-state index in [2.05, 4.69) is 15.2 Å². The molecule has 2 aromatic heterocycles. The standard InChI is InChI=1S/C11H13N5O2S2/c12-20(17,18)8-4-6-16(7-8)11-15-14-10(19-11)9-3-1-2-5-13-9/h1-3,5,8H,4,6-7H2,(H2,12,17,18). The Kier molecular flexibility index (Phi) is 3.40. The van der Waals surface area contributed by atoms with Gasteiger partial charge in [-0.3, -0.25) is 4.98 Å². The quantitative estimate of drug-likeness (QED) is 0.884. The molecule has 2 aromatic rings. The number of hydrogen-bond acceptors (Lipinski definition) is 7. The average molecular weight is 311 g/mol. The molecule has 0 amide bonds. The van der Waals surface area contributed by atoms with Crippen LogP contribution >= 0.6 is 11.3 Å². The van der Waals surface area contributed by atoms with Crippen LogP contribution in [0.2, 0.25) is 0 Å². The topological polar surface area (TPSA) is 102 Å². The van der Waals surface area contributed by atoms with Crippen molar-refractivity contribution in [2.24, 2.45) is 5.14 Å². The second kappa shape index (κ2) is 5.08. The van der Waals surface area contributed by atoms with Crippen molar-refractivity contribution in [1.82, 2.24) is 15.2 Å². The Morgan fingerprint density at radius 3 is 2.85 bits per heavy atom. The van der Waals surface area contributed by atoms with Gasteiger partial charge in [-0.1, -0.05) is 17.4 Å². The lowest BCUT2D eigenvalue weighted by atomic mass is 10.4. The molecule has 2 N–H and O–H groups in total. The fourth-order valence-corrected chi connectivity index (χ4v) is 3.78. The molecule has 0 saturated carbocycles. The molecule has 106 valence electrons. The zero-order valence-corrected chi connectivity index (χ0v) is 12.1. The zero-order valence-electron chi connectivity index (χ0n) is 10.5. The van der Waals surface area contributed by atoms with E-state index >= 15 is 0 Å². The van der Waals surface area contributed by atoms with E-state index in [4.69, 9.17) is 5.14 Å². The number of nitrogens with two attached hydrogens (primary N) is 1. The lowest BCUT2D eigenvalue weighted by Gasteiger charge is -2.12. The third kappa shape index (κ3) is 2.65. The fraction of sp³-hybridized carbons (Fsp3) is 0.364. The van der Waals surface area contributed by atoms with Gasteiger partial charge in [0.05, 0.1) is 5.25 Å². The number of sulfonamides is 1. The van der Waals surface area contributed by atoms with E-state index in [9.17, 15) is 8.42 Å². The summed E-state index contributed by atoms with van der Waals surface area (Å²) in [6, 6.07) is 5.58. The molecule has 0 aromatic carbocycles. The Labute approximate surface area is 120 Å². The van der Waals surface area contributed by atoms with Gasteiger partial charge >= 0.3 is 0 Å². The minimum Gasteiger partial charge on any atom is -0.345 e. The number of aromatic nitrogens is 3. The summed E-state index contributed by atoms with van der Waals surface area (Å²) in [5.74, 6) is 0. The number of primary sulfonamides is 1. The Bertz CT molecular complexity index is 701. The van der Waals surface area contributed by atoms with E-state index in [1.807, 2.05) is 23.1 Å². The minimum atomic E-state index is -3.49. The molecule has 3 rings (SSSR count). The first-order valence-electron chi connectivity index (χ1n) is 6.05. The van der Waals surface area contributed by atoms with E-state index in [1.165, 1.54) is 11.3 Å². The second-order valence-electron chi connectivity index (χ2n) is 4.55. The van der Waals surface area contributed by atoms with Crippen LogP contribution in [0.1, 0.15) is 6.42 Å². The van der Waals surface area contributed by atoms with Crippen LogP contribution < -0.4 is 10.0 Å². The van der Waals surface area contributed by atoms with E-state index in [-0.39, 0.29) is 0 Å². The van der Waals surface area contributed by atoms with Crippen LogP contribution in [0.5, 0.6) is 0 Å². The maximum Gasteiger partial charge on any atom is 0.213 e. The van der Waals surface area contributed by atoms with E-state index in [0.717, 1.165) is 10.7 Å². The highest BCUT2D eigenvalue weighted by Gasteiger charge is 2.32. The molecule has 1 aliphatic heterocycles. The monoisotopic (exact) mass is 311 g/mol. The van der Waals surface area contributed by atoms with Gasteiger partial charge in [0.2, 0.25) is 15.2 Å². The fourth-order valence-electron chi connectivity index (χ4n) is 2.11. The molecule has 1 saturated heterocycles. The van der Waals surface area contributed by atoms with Crippen LogP contribution in [0, 0.1) is 0 Å². The molecule has 7 nitrogen and oxygen atoms in total. The summed E-state index contributed by atoms with van der Waals surface area (Å²) >= 11 is 1.40. The first kappa shape index (κ1) is 13.4. The SMILES string of the molecule is NS(=O)(=O)C1CCN(c2nnc(-c3ccccn3)s2)C1. The molecule has 1 aliphatic rings. The van der Waals surface area contributed by atoms with Crippen LogP contribution in [0.25, 0.3) is 10.7 Å². The van der Waals surface area contributed by atoms with Crippen molar-refractivity contribution in [3.63, 3.8) is 0 Å². The molecule has 0 bridgehead atoms. The first-order chi connectivity index (χ1) is 9.54. The van der Waals surface area contributed by atoms with Crippen molar-refractivity contribution in [3.8, 4) is 10.7 Å². The maximum absolute atomic E-state index is 11.3. The van der Waals surface area contributed by atoms with Crippen molar-refractivity contribution in [2.45, 2.75) is 11.7 Å². The van der Waals surface area contributed by atoms with E-state index in [1.54, 1.807) is 6.20 Å². The summed E-state index contributed by atoms with van der Waals surface area (Å²) in [4.78, 5) is 6.12. The Morgan fingerprint density at radius 2 is 2.20 bits per heavy atom. The van der Waals surface area contributed by atoms with Crippen molar-refractivity contribution in [1.29, 1.82) is 0 Å². The van der Waals surface area contributed by atoms with Crippen molar-refractivity contribution in [2.75, 3.05) is 18.0 Å². The highest BCUT2D eigenvalue weighted by molar-refractivity contribution is 7.89. The van der Waals surface area contributed by atoms with Gasteiger partial charge in [0.25, 0.3) is 0 Å². The molecule has 0 spiro atoms. The van der Waals surface area contributed by atoms with E-state index in [0.29, 0.717) is 24.6 Å². The summed E-state index contributed by atoms with van der Waals surface area (Å²) in [5, 5.41) is 14.3. The van der Waals surface area contributed by atoms with Crippen LogP contribution in [0.15, 0.2) is 24.4 Å². The van der Waals surface area contributed by atoms with Crippen LogP contribution in [0.3, 0.4) is 0 Å². The van der Waals surface area contributed by atoms with Crippen LogP contribution in [-0.4, -0.2) is 41.9 Å². The zero-order chi connectivity index (χ0) is 14.2. The third-order valence-corrected chi connectivity index (χ3v) is 5.50.